The standard InChI is InChI=1S/C14H16Cl2N2S/c1-3-17-14(7-11-8-19-9(2)18-11)10-4-5-12(15)13(16)6-10/h4-6,8,14,17H,3,7H2,1-2H3. The number of nitrogens with one attached hydrogen (secondary N) is 1. The zero-order valence-corrected chi connectivity index (χ0v) is 13.2. The van der Waals surface area contributed by atoms with E-state index in [4.69, 9.17) is 23.2 Å². The molecule has 0 saturated carbocycles. The minimum atomic E-state index is 0.210. The van der Waals surface area contributed by atoms with E-state index in [9.17, 15) is 0 Å². The van der Waals surface area contributed by atoms with Crippen LogP contribution in [-0.2, 0) is 6.42 Å². The number of halogens is 2. The largest absolute Gasteiger partial charge is 0.310 e. The van der Waals surface area contributed by atoms with E-state index in [0.717, 1.165) is 29.2 Å². The Hall–Kier alpha value is -0.610. The zero-order valence-electron chi connectivity index (χ0n) is 10.9. The van der Waals surface area contributed by atoms with Gasteiger partial charge in [-0.25, -0.2) is 4.98 Å². The molecule has 0 aliphatic heterocycles. The number of hydrogen-bond acceptors (Lipinski definition) is 3. The normalized spacial score (nSPS) is 12.6. The van der Waals surface area contributed by atoms with Gasteiger partial charge in [0.25, 0.3) is 0 Å². The van der Waals surface area contributed by atoms with Crippen LogP contribution in [0.15, 0.2) is 23.6 Å². The molecule has 0 amide bonds. The van der Waals surface area contributed by atoms with Gasteiger partial charge in [-0.2, -0.15) is 0 Å². The fourth-order valence-electron chi connectivity index (χ4n) is 1.99. The lowest BCUT2D eigenvalue weighted by Crippen LogP contribution is -2.23. The number of benzene rings is 1. The van der Waals surface area contributed by atoms with Crippen LogP contribution < -0.4 is 5.32 Å². The maximum atomic E-state index is 6.09. The molecule has 1 aromatic heterocycles. The number of rotatable bonds is 5. The maximum Gasteiger partial charge on any atom is 0.0897 e. The van der Waals surface area contributed by atoms with Crippen molar-refractivity contribution in [2.24, 2.45) is 0 Å². The van der Waals surface area contributed by atoms with Gasteiger partial charge in [0.05, 0.1) is 20.7 Å². The van der Waals surface area contributed by atoms with Crippen LogP contribution in [-0.4, -0.2) is 11.5 Å². The molecule has 1 aromatic carbocycles. The highest BCUT2D eigenvalue weighted by atomic mass is 35.5. The lowest BCUT2D eigenvalue weighted by atomic mass is 10.0. The second kappa shape index (κ2) is 6.71. The molecule has 0 aliphatic rings. The summed E-state index contributed by atoms with van der Waals surface area (Å²) in [5.41, 5.74) is 2.25. The third-order valence-electron chi connectivity index (χ3n) is 2.88. The van der Waals surface area contributed by atoms with E-state index in [0.29, 0.717) is 10.0 Å². The third-order valence-corrected chi connectivity index (χ3v) is 4.44. The highest BCUT2D eigenvalue weighted by molar-refractivity contribution is 7.09. The summed E-state index contributed by atoms with van der Waals surface area (Å²) in [5.74, 6) is 0. The Labute approximate surface area is 127 Å². The molecular weight excluding hydrogens is 299 g/mol. The highest BCUT2D eigenvalue weighted by Crippen LogP contribution is 2.27. The second-order valence-corrected chi connectivity index (χ2v) is 6.22. The van der Waals surface area contributed by atoms with Gasteiger partial charge in [-0.05, 0) is 31.2 Å². The first-order valence-corrected chi connectivity index (χ1v) is 7.83. The molecule has 1 unspecified atom stereocenters. The number of likely N-dealkylation sites (N-methyl/N-ethyl adjacent to an activating group) is 1. The van der Waals surface area contributed by atoms with Crippen LogP contribution in [0.5, 0.6) is 0 Å². The van der Waals surface area contributed by atoms with E-state index in [2.05, 4.69) is 22.6 Å². The topological polar surface area (TPSA) is 24.9 Å². The molecule has 0 fully saturated rings. The van der Waals surface area contributed by atoms with E-state index in [1.807, 2.05) is 25.1 Å². The molecule has 1 atom stereocenters. The van der Waals surface area contributed by atoms with Gasteiger partial charge in [0.2, 0.25) is 0 Å². The van der Waals surface area contributed by atoms with Gasteiger partial charge in [-0.3, -0.25) is 0 Å². The van der Waals surface area contributed by atoms with Gasteiger partial charge in [0.15, 0.2) is 0 Å². The predicted molar refractivity (Wildman–Crippen MR) is 83.4 cm³/mol. The summed E-state index contributed by atoms with van der Waals surface area (Å²) in [6.45, 7) is 5.01. The van der Waals surface area contributed by atoms with Crippen LogP contribution in [0.4, 0.5) is 0 Å². The smallest absolute Gasteiger partial charge is 0.0897 e. The van der Waals surface area contributed by atoms with Crippen LogP contribution in [0.2, 0.25) is 10.0 Å². The van der Waals surface area contributed by atoms with Crippen LogP contribution in [0.25, 0.3) is 0 Å². The molecule has 0 aliphatic carbocycles. The molecule has 19 heavy (non-hydrogen) atoms. The average Bonchev–Trinajstić information content (AvgIpc) is 2.78. The zero-order chi connectivity index (χ0) is 13.8. The van der Waals surface area contributed by atoms with E-state index < -0.39 is 0 Å². The number of nitrogens with zero attached hydrogens (tertiary/aromatic N) is 1. The van der Waals surface area contributed by atoms with E-state index in [-0.39, 0.29) is 6.04 Å². The molecule has 2 rings (SSSR count). The first kappa shape index (κ1) is 14.8. The van der Waals surface area contributed by atoms with Crippen LogP contribution >= 0.6 is 34.5 Å². The third kappa shape index (κ3) is 3.93. The van der Waals surface area contributed by atoms with Crippen molar-refractivity contribution in [1.82, 2.24) is 10.3 Å². The molecule has 0 saturated heterocycles. The molecule has 2 aromatic rings. The van der Waals surface area contributed by atoms with Crippen molar-refractivity contribution in [3.05, 3.63) is 49.9 Å². The maximum absolute atomic E-state index is 6.09. The number of aromatic nitrogens is 1. The van der Waals surface area contributed by atoms with Gasteiger partial charge in [-0.15, -0.1) is 11.3 Å². The Bertz CT molecular complexity index is 554. The highest BCUT2D eigenvalue weighted by Gasteiger charge is 2.14. The quantitative estimate of drug-likeness (QED) is 0.868. The van der Waals surface area contributed by atoms with Gasteiger partial charge in [0, 0.05) is 17.8 Å². The molecule has 102 valence electrons. The summed E-state index contributed by atoms with van der Waals surface area (Å²) in [6.07, 6.45) is 0.857. The van der Waals surface area contributed by atoms with Crippen molar-refractivity contribution in [1.29, 1.82) is 0 Å². The van der Waals surface area contributed by atoms with Crippen molar-refractivity contribution in [3.8, 4) is 0 Å². The second-order valence-electron chi connectivity index (χ2n) is 4.35. The van der Waals surface area contributed by atoms with Crippen molar-refractivity contribution in [2.75, 3.05) is 6.54 Å². The van der Waals surface area contributed by atoms with Gasteiger partial charge >= 0.3 is 0 Å². The summed E-state index contributed by atoms with van der Waals surface area (Å²) in [6, 6.07) is 5.99. The Morgan fingerprint density at radius 1 is 1.32 bits per heavy atom. The van der Waals surface area contributed by atoms with Crippen LogP contribution in [0, 0.1) is 6.92 Å². The molecule has 2 nitrogen and oxygen atoms in total. The molecule has 0 radical (unpaired) electrons. The Balaban J connectivity index is 2.21. The predicted octanol–water partition coefficient (Wildman–Crippen LogP) is 4.65. The summed E-state index contributed by atoms with van der Waals surface area (Å²) in [4.78, 5) is 4.52. The lowest BCUT2D eigenvalue weighted by molar-refractivity contribution is 0.545. The van der Waals surface area contributed by atoms with Crippen LogP contribution in [0.3, 0.4) is 0 Å². The molecule has 1 heterocycles. The Morgan fingerprint density at radius 2 is 2.11 bits per heavy atom. The fourth-order valence-corrected chi connectivity index (χ4v) is 2.93. The summed E-state index contributed by atoms with van der Waals surface area (Å²) < 4.78 is 0. The number of aryl methyl sites for hydroxylation is 1. The van der Waals surface area contributed by atoms with Crippen molar-refractivity contribution < 1.29 is 0 Å². The molecule has 0 bridgehead atoms. The van der Waals surface area contributed by atoms with Gasteiger partial charge in [-0.1, -0.05) is 36.2 Å². The number of thiazole rings is 1. The lowest BCUT2D eigenvalue weighted by Gasteiger charge is -2.18. The molecule has 0 spiro atoms. The summed E-state index contributed by atoms with van der Waals surface area (Å²) >= 11 is 13.7. The van der Waals surface area contributed by atoms with Gasteiger partial charge in [0.1, 0.15) is 0 Å². The van der Waals surface area contributed by atoms with E-state index >= 15 is 0 Å². The molecule has 1 N–H and O–H groups in total. The first-order chi connectivity index (χ1) is 9.10. The van der Waals surface area contributed by atoms with Crippen molar-refractivity contribution >= 4 is 34.5 Å². The number of hydrogen-bond donors (Lipinski definition) is 1. The SMILES string of the molecule is CCNC(Cc1csc(C)n1)c1ccc(Cl)c(Cl)c1. The summed E-state index contributed by atoms with van der Waals surface area (Å²) in [5, 5.41) is 7.85. The molecular formula is C14H16Cl2N2S. The monoisotopic (exact) mass is 314 g/mol. The Morgan fingerprint density at radius 3 is 2.68 bits per heavy atom. The molecule has 5 heteroatoms. The van der Waals surface area contributed by atoms with E-state index in [1.165, 1.54) is 0 Å². The van der Waals surface area contributed by atoms with Crippen LogP contribution in [0.1, 0.15) is 29.2 Å². The van der Waals surface area contributed by atoms with E-state index in [1.54, 1.807) is 11.3 Å². The van der Waals surface area contributed by atoms with Crippen molar-refractivity contribution in [2.45, 2.75) is 26.3 Å². The summed E-state index contributed by atoms with van der Waals surface area (Å²) in [7, 11) is 0. The minimum absolute atomic E-state index is 0.210. The first-order valence-electron chi connectivity index (χ1n) is 6.19. The fraction of sp³-hybridized carbons (Fsp3) is 0.357. The average molecular weight is 315 g/mol. The Kier molecular flexibility index (Phi) is 5.22. The van der Waals surface area contributed by atoms with Gasteiger partial charge < -0.3 is 5.32 Å². The minimum Gasteiger partial charge on any atom is -0.310 e. The van der Waals surface area contributed by atoms with Crippen molar-refractivity contribution in [3.63, 3.8) is 0 Å².